The molecule has 1 heterocycles. The number of halogens is 4. The summed E-state index contributed by atoms with van der Waals surface area (Å²) < 4.78 is 53.7. The smallest absolute Gasteiger partial charge is 0.417 e. The molecular formula is C28H25F4N3O4. The molecule has 1 aliphatic heterocycles. The first-order valence-electron chi connectivity index (χ1n) is 12.1. The number of aromatic carboxylic acids is 1. The van der Waals surface area contributed by atoms with E-state index in [1.165, 1.54) is 24.1 Å². The Bertz CT molecular complexity index is 1380. The summed E-state index contributed by atoms with van der Waals surface area (Å²) in [5.74, 6) is -3.26. The molecule has 2 N–H and O–H groups in total. The quantitative estimate of drug-likeness (QED) is 0.392. The van der Waals surface area contributed by atoms with Gasteiger partial charge in [-0.2, -0.15) is 13.2 Å². The number of carboxylic acids is 1. The van der Waals surface area contributed by atoms with Crippen molar-refractivity contribution in [1.82, 2.24) is 9.80 Å². The van der Waals surface area contributed by atoms with E-state index in [1.807, 2.05) is 0 Å². The standard InChI is InChI=1S/C28H25F4N3O4/c1-34(25(36)21-11-8-18(29)16-23(21)28(30,31)32)20-12-14-35(15-13-20)26(37)22-4-2-3-5-24(22)33-19-9-6-17(7-10-19)27(38)39/h2-11,16,20,33H,12-15H2,1H3,(H,38,39). The van der Waals surface area contributed by atoms with Gasteiger partial charge in [0.15, 0.2) is 0 Å². The van der Waals surface area contributed by atoms with Crippen molar-refractivity contribution in [3.05, 3.63) is 94.8 Å². The van der Waals surface area contributed by atoms with E-state index in [0.717, 1.165) is 12.1 Å². The fraction of sp³-hybridized carbons (Fsp3) is 0.250. The van der Waals surface area contributed by atoms with E-state index < -0.39 is 41.0 Å². The van der Waals surface area contributed by atoms with Gasteiger partial charge in [0.2, 0.25) is 0 Å². The molecule has 2 amide bonds. The van der Waals surface area contributed by atoms with Gasteiger partial charge in [-0.15, -0.1) is 0 Å². The molecule has 11 heteroatoms. The molecule has 1 saturated heterocycles. The first kappa shape index (κ1) is 27.6. The molecule has 0 bridgehead atoms. The lowest BCUT2D eigenvalue weighted by Crippen LogP contribution is -2.47. The van der Waals surface area contributed by atoms with Crippen molar-refractivity contribution >= 4 is 29.2 Å². The van der Waals surface area contributed by atoms with Crippen LogP contribution in [0.15, 0.2) is 66.7 Å². The molecule has 0 aliphatic carbocycles. The summed E-state index contributed by atoms with van der Waals surface area (Å²) in [6.45, 7) is 0.552. The number of rotatable bonds is 6. The highest BCUT2D eigenvalue weighted by Gasteiger charge is 2.38. The number of alkyl halides is 3. The zero-order chi connectivity index (χ0) is 28.3. The van der Waals surface area contributed by atoms with Crippen LogP contribution >= 0.6 is 0 Å². The predicted molar refractivity (Wildman–Crippen MR) is 136 cm³/mol. The maximum Gasteiger partial charge on any atom is 0.417 e. The van der Waals surface area contributed by atoms with Gasteiger partial charge in [0, 0.05) is 31.9 Å². The van der Waals surface area contributed by atoms with Gasteiger partial charge in [-0.1, -0.05) is 12.1 Å². The Morgan fingerprint density at radius 2 is 1.59 bits per heavy atom. The second-order valence-corrected chi connectivity index (χ2v) is 9.18. The second kappa shape index (κ2) is 11.1. The summed E-state index contributed by atoms with van der Waals surface area (Å²) in [5.41, 5.74) is -0.307. The fourth-order valence-corrected chi connectivity index (χ4v) is 4.55. The van der Waals surface area contributed by atoms with Gasteiger partial charge in [0.05, 0.1) is 27.9 Å². The highest BCUT2D eigenvalue weighted by molar-refractivity contribution is 6.00. The van der Waals surface area contributed by atoms with Gasteiger partial charge in [-0.3, -0.25) is 9.59 Å². The molecule has 4 rings (SSSR count). The lowest BCUT2D eigenvalue weighted by molar-refractivity contribution is -0.138. The molecule has 204 valence electrons. The highest BCUT2D eigenvalue weighted by atomic mass is 19.4. The van der Waals surface area contributed by atoms with E-state index >= 15 is 0 Å². The molecule has 39 heavy (non-hydrogen) atoms. The van der Waals surface area contributed by atoms with Crippen molar-refractivity contribution in [2.75, 3.05) is 25.5 Å². The van der Waals surface area contributed by atoms with E-state index in [9.17, 15) is 31.9 Å². The summed E-state index contributed by atoms with van der Waals surface area (Å²) in [6.07, 6.45) is -4.19. The molecule has 0 aromatic heterocycles. The number of carbonyl (C=O) groups excluding carboxylic acids is 2. The molecule has 0 atom stereocenters. The molecule has 1 aliphatic rings. The van der Waals surface area contributed by atoms with E-state index in [0.29, 0.717) is 35.8 Å². The molecule has 0 spiro atoms. The van der Waals surface area contributed by atoms with Crippen LogP contribution < -0.4 is 5.32 Å². The number of para-hydroxylation sites is 1. The topological polar surface area (TPSA) is 90.0 Å². The van der Waals surface area contributed by atoms with Crippen molar-refractivity contribution in [2.24, 2.45) is 0 Å². The largest absolute Gasteiger partial charge is 0.478 e. The third kappa shape index (κ3) is 6.19. The minimum Gasteiger partial charge on any atom is -0.478 e. The summed E-state index contributed by atoms with van der Waals surface area (Å²) in [6, 6.07) is 14.5. The van der Waals surface area contributed by atoms with Crippen molar-refractivity contribution in [2.45, 2.75) is 25.1 Å². The second-order valence-electron chi connectivity index (χ2n) is 9.18. The zero-order valence-electron chi connectivity index (χ0n) is 20.8. The average molecular weight is 544 g/mol. The fourth-order valence-electron chi connectivity index (χ4n) is 4.55. The maximum absolute atomic E-state index is 13.5. The summed E-state index contributed by atoms with van der Waals surface area (Å²) in [5, 5.41) is 12.2. The molecule has 3 aromatic rings. The number of nitrogens with one attached hydrogen (secondary N) is 1. The van der Waals surface area contributed by atoms with Crippen molar-refractivity contribution in [3.8, 4) is 0 Å². The Hall–Kier alpha value is -4.41. The number of nitrogens with zero attached hydrogens (tertiary/aromatic N) is 2. The normalized spacial score (nSPS) is 14.1. The van der Waals surface area contributed by atoms with Gasteiger partial charge in [-0.05, 0) is 67.4 Å². The van der Waals surface area contributed by atoms with Crippen LogP contribution in [0.25, 0.3) is 0 Å². The number of carboxylic acid groups (broad SMARTS) is 1. The molecule has 0 radical (unpaired) electrons. The third-order valence-corrected chi connectivity index (χ3v) is 6.71. The Labute approximate surface area is 221 Å². The number of carbonyl (C=O) groups is 3. The average Bonchev–Trinajstić information content (AvgIpc) is 2.92. The molecule has 0 saturated carbocycles. The van der Waals surface area contributed by atoms with E-state index in [2.05, 4.69) is 5.32 Å². The number of likely N-dealkylation sites (tertiary alicyclic amines) is 1. The van der Waals surface area contributed by atoms with Gasteiger partial charge < -0.3 is 20.2 Å². The number of piperidine rings is 1. The predicted octanol–water partition coefficient (Wildman–Crippen LogP) is 5.66. The van der Waals surface area contributed by atoms with Crippen LogP contribution in [0.4, 0.5) is 28.9 Å². The van der Waals surface area contributed by atoms with Gasteiger partial charge in [-0.25, -0.2) is 9.18 Å². The number of benzene rings is 3. The van der Waals surface area contributed by atoms with Crippen LogP contribution in [-0.2, 0) is 6.18 Å². The van der Waals surface area contributed by atoms with Crippen LogP contribution in [0.2, 0.25) is 0 Å². The van der Waals surface area contributed by atoms with Gasteiger partial charge in [0.1, 0.15) is 5.82 Å². The zero-order valence-corrected chi connectivity index (χ0v) is 20.8. The lowest BCUT2D eigenvalue weighted by Gasteiger charge is -2.37. The third-order valence-electron chi connectivity index (χ3n) is 6.71. The highest BCUT2D eigenvalue weighted by Crippen LogP contribution is 2.34. The van der Waals surface area contributed by atoms with Crippen molar-refractivity contribution in [1.29, 1.82) is 0 Å². The molecule has 7 nitrogen and oxygen atoms in total. The van der Waals surface area contributed by atoms with Crippen LogP contribution in [0.1, 0.15) is 49.5 Å². The van der Waals surface area contributed by atoms with Crippen LogP contribution in [-0.4, -0.2) is 58.9 Å². The van der Waals surface area contributed by atoms with Gasteiger partial charge in [0.25, 0.3) is 11.8 Å². The first-order valence-corrected chi connectivity index (χ1v) is 12.1. The van der Waals surface area contributed by atoms with Crippen molar-refractivity contribution in [3.63, 3.8) is 0 Å². The number of hydrogen-bond acceptors (Lipinski definition) is 4. The number of amides is 2. The Balaban J connectivity index is 1.43. The molecule has 0 unspecified atom stereocenters. The minimum absolute atomic E-state index is 0.130. The monoisotopic (exact) mass is 543 g/mol. The van der Waals surface area contributed by atoms with Gasteiger partial charge >= 0.3 is 12.1 Å². The SMILES string of the molecule is CN(C(=O)c1ccc(F)cc1C(F)(F)F)C1CCN(C(=O)c2ccccc2Nc2ccc(C(=O)O)cc2)CC1. The van der Waals surface area contributed by atoms with Crippen LogP contribution in [0.3, 0.4) is 0 Å². The summed E-state index contributed by atoms with van der Waals surface area (Å²) in [7, 11) is 1.41. The number of anilines is 2. The Morgan fingerprint density at radius 3 is 2.21 bits per heavy atom. The minimum atomic E-state index is -4.89. The Kier molecular flexibility index (Phi) is 7.89. The molecule has 3 aromatic carbocycles. The van der Waals surface area contributed by atoms with E-state index in [4.69, 9.17) is 5.11 Å². The van der Waals surface area contributed by atoms with E-state index in [-0.39, 0.29) is 24.6 Å². The van der Waals surface area contributed by atoms with Crippen molar-refractivity contribution < 1.29 is 37.1 Å². The summed E-state index contributed by atoms with van der Waals surface area (Å²) >= 11 is 0. The molecule has 1 fully saturated rings. The molecular weight excluding hydrogens is 518 g/mol. The first-order chi connectivity index (χ1) is 18.5. The Morgan fingerprint density at radius 1 is 0.949 bits per heavy atom. The summed E-state index contributed by atoms with van der Waals surface area (Å²) in [4.78, 5) is 40.2. The van der Waals surface area contributed by atoms with Crippen LogP contribution in [0.5, 0.6) is 0 Å². The van der Waals surface area contributed by atoms with Crippen LogP contribution in [0, 0.1) is 5.82 Å². The van der Waals surface area contributed by atoms with E-state index in [1.54, 1.807) is 41.3 Å². The lowest BCUT2D eigenvalue weighted by atomic mass is 9.99. The maximum atomic E-state index is 13.5. The number of hydrogen-bond donors (Lipinski definition) is 2.